The summed E-state index contributed by atoms with van der Waals surface area (Å²) in [6.45, 7) is 7.27. The number of aromatic nitrogens is 1. The first-order valence-electron chi connectivity index (χ1n) is 6.74. The second-order valence-electron chi connectivity index (χ2n) is 5.63. The molecule has 0 amide bonds. The minimum absolute atomic E-state index is 0.0586. The Morgan fingerprint density at radius 2 is 1.85 bits per heavy atom. The van der Waals surface area contributed by atoms with Crippen LogP contribution in [0.1, 0.15) is 39.4 Å². The molecule has 0 fully saturated rings. The number of fused-ring (bicyclic) bond motifs is 1. The molecule has 0 N–H and O–H groups in total. The predicted molar refractivity (Wildman–Crippen MR) is 80.0 cm³/mol. The fourth-order valence-corrected chi connectivity index (χ4v) is 3.33. The molecular weight excluding hydrogens is 277 g/mol. The van der Waals surface area contributed by atoms with Crippen LogP contribution in [0.2, 0.25) is 0 Å². The van der Waals surface area contributed by atoms with Crippen molar-refractivity contribution in [1.29, 1.82) is 0 Å². The quantitative estimate of drug-likeness (QED) is 0.863. The molecule has 3 nitrogen and oxygen atoms in total. The van der Waals surface area contributed by atoms with E-state index >= 15 is 0 Å². The minimum Gasteiger partial charge on any atom is -0.341 e. The maximum atomic E-state index is 13.9. The van der Waals surface area contributed by atoms with Crippen LogP contribution in [-0.4, -0.2) is 18.2 Å². The molecule has 0 aliphatic carbocycles. The number of rotatable bonds is 4. The molecule has 0 atom stereocenters. The lowest BCUT2D eigenvalue weighted by atomic mass is 10.2. The molecule has 0 radical (unpaired) electrons. The summed E-state index contributed by atoms with van der Waals surface area (Å²) in [7, 11) is -3.21. The molecule has 1 aromatic heterocycles. The van der Waals surface area contributed by atoms with Gasteiger partial charge in [-0.25, -0.2) is 12.8 Å². The van der Waals surface area contributed by atoms with E-state index in [1.54, 1.807) is 26.0 Å². The van der Waals surface area contributed by atoms with Crippen molar-refractivity contribution in [2.75, 3.05) is 0 Å². The van der Waals surface area contributed by atoms with Gasteiger partial charge in [-0.2, -0.15) is 0 Å². The topological polar surface area (TPSA) is 39.1 Å². The lowest BCUT2D eigenvalue weighted by Gasteiger charge is -2.16. The monoisotopic (exact) mass is 297 g/mol. The second kappa shape index (κ2) is 5.20. The third-order valence-corrected chi connectivity index (χ3v) is 5.63. The molecule has 110 valence electrons. The summed E-state index contributed by atoms with van der Waals surface area (Å²) in [6, 6.07) is 6.60. The molecule has 0 unspecified atom stereocenters. The molecular formula is C15H20FNO2S. The summed E-state index contributed by atoms with van der Waals surface area (Å²) in [5, 5.41) is 0.0427. The van der Waals surface area contributed by atoms with Gasteiger partial charge in [-0.3, -0.25) is 0 Å². The highest BCUT2D eigenvalue weighted by Gasteiger charge is 2.22. The molecule has 2 rings (SSSR count). The lowest BCUT2D eigenvalue weighted by molar-refractivity contribution is 0.574. The Hall–Kier alpha value is -1.36. The van der Waals surface area contributed by atoms with Gasteiger partial charge in [-0.15, -0.1) is 0 Å². The zero-order valence-corrected chi connectivity index (χ0v) is 13.0. The van der Waals surface area contributed by atoms with E-state index in [2.05, 4.69) is 0 Å². The average Bonchev–Trinajstić information content (AvgIpc) is 2.67. The van der Waals surface area contributed by atoms with Crippen molar-refractivity contribution in [2.24, 2.45) is 0 Å². The van der Waals surface area contributed by atoms with Crippen molar-refractivity contribution in [3.63, 3.8) is 0 Å². The highest BCUT2D eigenvalue weighted by Crippen LogP contribution is 2.28. The molecule has 2 aromatic rings. The maximum absolute atomic E-state index is 13.9. The highest BCUT2D eigenvalue weighted by molar-refractivity contribution is 7.91. The van der Waals surface area contributed by atoms with Crippen molar-refractivity contribution in [3.8, 4) is 0 Å². The summed E-state index contributed by atoms with van der Waals surface area (Å²) in [4.78, 5) is 0. The van der Waals surface area contributed by atoms with Gasteiger partial charge in [0.05, 0.1) is 16.5 Å². The predicted octanol–water partition coefficient (Wildman–Crippen LogP) is 3.68. The van der Waals surface area contributed by atoms with Crippen molar-refractivity contribution in [1.82, 2.24) is 4.57 Å². The SMILES string of the molecule is CC(C)n1c(CS(=O)(=O)C(C)C)cc2c(F)cccc21. The first-order chi connectivity index (χ1) is 9.24. The van der Waals surface area contributed by atoms with Crippen LogP contribution >= 0.6 is 0 Å². The van der Waals surface area contributed by atoms with E-state index in [0.29, 0.717) is 11.1 Å². The standard InChI is InChI=1S/C15H20FNO2S/c1-10(2)17-12(9-20(18,19)11(3)4)8-13-14(16)6-5-7-15(13)17/h5-8,10-11H,9H2,1-4H3. The Balaban J connectivity index is 2.65. The van der Waals surface area contributed by atoms with Crippen LogP contribution in [0.5, 0.6) is 0 Å². The lowest BCUT2D eigenvalue weighted by Crippen LogP contribution is -2.18. The fraction of sp³-hybridized carbons (Fsp3) is 0.467. The number of nitrogens with zero attached hydrogens (tertiary/aromatic N) is 1. The third-order valence-electron chi connectivity index (χ3n) is 3.49. The zero-order chi connectivity index (χ0) is 15.1. The zero-order valence-electron chi connectivity index (χ0n) is 12.2. The average molecular weight is 297 g/mol. The van der Waals surface area contributed by atoms with Crippen LogP contribution in [-0.2, 0) is 15.6 Å². The van der Waals surface area contributed by atoms with Crippen molar-refractivity contribution in [3.05, 3.63) is 35.8 Å². The molecule has 0 bridgehead atoms. The maximum Gasteiger partial charge on any atom is 0.158 e. The largest absolute Gasteiger partial charge is 0.341 e. The summed E-state index contributed by atoms with van der Waals surface area (Å²) < 4.78 is 40.0. The smallest absolute Gasteiger partial charge is 0.158 e. The van der Waals surface area contributed by atoms with Crippen LogP contribution in [0.4, 0.5) is 4.39 Å². The molecule has 0 spiro atoms. The summed E-state index contributed by atoms with van der Waals surface area (Å²) >= 11 is 0. The Morgan fingerprint density at radius 3 is 2.40 bits per heavy atom. The third kappa shape index (κ3) is 2.59. The van der Waals surface area contributed by atoms with E-state index in [-0.39, 0.29) is 17.6 Å². The number of sulfone groups is 1. The normalized spacial score (nSPS) is 12.8. The fourth-order valence-electron chi connectivity index (χ4n) is 2.36. The van der Waals surface area contributed by atoms with E-state index < -0.39 is 15.1 Å². The van der Waals surface area contributed by atoms with Gasteiger partial charge in [0, 0.05) is 17.1 Å². The van der Waals surface area contributed by atoms with E-state index in [0.717, 1.165) is 5.52 Å². The van der Waals surface area contributed by atoms with Crippen molar-refractivity contribution in [2.45, 2.75) is 44.7 Å². The van der Waals surface area contributed by atoms with E-state index in [1.165, 1.54) is 6.07 Å². The summed E-state index contributed by atoms with van der Waals surface area (Å²) in [5.74, 6) is -0.373. The molecule has 20 heavy (non-hydrogen) atoms. The van der Waals surface area contributed by atoms with E-state index in [9.17, 15) is 12.8 Å². The van der Waals surface area contributed by atoms with Gasteiger partial charge in [-0.1, -0.05) is 6.07 Å². The summed E-state index contributed by atoms with van der Waals surface area (Å²) in [5.41, 5.74) is 1.39. The summed E-state index contributed by atoms with van der Waals surface area (Å²) in [6.07, 6.45) is 0. The van der Waals surface area contributed by atoms with E-state index in [4.69, 9.17) is 0 Å². The van der Waals surface area contributed by atoms with Gasteiger partial charge in [0.25, 0.3) is 0 Å². The van der Waals surface area contributed by atoms with Gasteiger partial charge in [0.1, 0.15) is 5.82 Å². The van der Waals surface area contributed by atoms with Gasteiger partial charge in [-0.05, 0) is 45.9 Å². The second-order valence-corrected chi connectivity index (χ2v) is 8.19. The number of halogens is 1. The first-order valence-corrected chi connectivity index (χ1v) is 8.45. The number of hydrogen-bond acceptors (Lipinski definition) is 2. The van der Waals surface area contributed by atoms with Gasteiger partial charge < -0.3 is 4.57 Å². The molecule has 0 saturated carbocycles. The molecule has 5 heteroatoms. The van der Waals surface area contributed by atoms with Crippen LogP contribution < -0.4 is 0 Å². The van der Waals surface area contributed by atoms with Gasteiger partial charge in [0.2, 0.25) is 0 Å². The highest BCUT2D eigenvalue weighted by atomic mass is 32.2. The van der Waals surface area contributed by atoms with Crippen LogP contribution in [0, 0.1) is 5.82 Å². The molecule has 1 heterocycles. The van der Waals surface area contributed by atoms with Crippen LogP contribution in [0.25, 0.3) is 10.9 Å². The minimum atomic E-state index is -3.21. The van der Waals surface area contributed by atoms with Gasteiger partial charge in [0.15, 0.2) is 9.84 Å². The van der Waals surface area contributed by atoms with E-state index in [1.807, 2.05) is 24.5 Å². The number of benzene rings is 1. The van der Waals surface area contributed by atoms with Crippen LogP contribution in [0.15, 0.2) is 24.3 Å². The molecule has 1 aromatic carbocycles. The molecule has 0 aliphatic heterocycles. The first kappa shape index (κ1) is 15.0. The number of hydrogen-bond donors (Lipinski definition) is 0. The molecule has 0 aliphatic rings. The van der Waals surface area contributed by atoms with Gasteiger partial charge >= 0.3 is 0 Å². The Bertz CT molecular complexity index is 730. The van der Waals surface area contributed by atoms with Crippen LogP contribution in [0.3, 0.4) is 0 Å². The Kier molecular flexibility index (Phi) is 3.91. The van der Waals surface area contributed by atoms with Crippen molar-refractivity contribution < 1.29 is 12.8 Å². The molecule has 0 saturated heterocycles. The van der Waals surface area contributed by atoms with Crippen molar-refractivity contribution >= 4 is 20.7 Å². The Morgan fingerprint density at radius 1 is 1.20 bits per heavy atom. The Labute approximate surface area is 119 Å².